The number of benzene rings is 2. The smallest absolute Gasteiger partial charge is 0.419 e. The van der Waals surface area contributed by atoms with Gasteiger partial charge in [0, 0.05) is 5.69 Å². The van der Waals surface area contributed by atoms with E-state index < -0.39 is 23.5 Å². The number of thiocarbonyl (C=S) groups is 1. The maximum absolute atomic E-state index is 13.3. The maximum Gasteiger partial charge on any atom is 0.419 e. The van der Waals surface area contributed by atoms with Crippen molar-refractivity contribution in [1.29, 1.82) is 0 Å². The third-order valence-corrected chi connectivity index (χ3v) is 3.62. The number of nitrogens with one attached hydrogen (secondary N) is 2. The second-order valence-corrected chi connectivity index (χ2v) is 5.55. The summed E-state index contributed by atoms with van der Waals surface area (Å²) in [5, 5.41) is 4.44. The molecule has 0 saturated heterocycles. The zero-order valence-corrected chi connectivity index (χ0v) is 14.9. The number of rotatable bonds is 4. The highest BCUT2D eigenvalue weighted by Gasteiger charge is 2.34. The van der Waals surface area contributed by atoms with E-state index in [0.717, 1.165) is 6.07 Å². The molecular formula is C17H14F4N2O3S. The van der Waals surface area contributed by atoms with Crippen molar-refractivity contribution in [2.45, 2.75) is 6.18 Å². The summed E-state index contributed by atoms with van der Waals surface area (Å²) >= 11 is 4.94. The number of methoxy groups -OCH3 is 2. The largest absolute Gasteiger partial charge is 0.496 e. The summed E-state index contributed by atoms with van der Waals surface area (Å²) in [6, 6.07) is 6.94. The number of carbonyl (C=O) groups is 1. The van der Waals surface area contributed by atoms with Crippen molar-refractivity contribution in [2.24, 2.45) is 0 Å². The third kappa shape index (κ3) is 4.85. The minimum atomic E-state index is -4.86. The van der Waals surface area contributed by atoms with Crippen LogP contribution < -0.4 is 20.1 Å². The number of ether oxygens (including phenoxy) is 2. The van der Waals surface area contributed by atoms with Crippen molar-refractivity contribution >= 4 is 28.9 Å². The first kappa shape index (κ1) is 20.4. The lowest BCUT2D eigenvalue weighted by atomic mass is 10.1. The Kier molecular flexibility index (Phi) is 6.21. The second-order valence-electron chi connectivity index (χ2n) is 5.14. The second kappa shape index (κ2) is 8.21. The number of anilines is 1. The Balaban J connectivity index is 2.19. The Morgan fingerprint density at radius 1 is 1.07 bits per heavy atom. The van der Waals surface area contributed by atoms with Gasteiger partial charge in [0.2, 0.25) is 0 Å². The summed E-state index contributed by atoms with van der Waals surface area (Å²) in [6.07, 6.45) is -4.86. The van der Waals surface area contributed by atoms with Crippen LogP contribution in [0.25, 0.3) is 0 Å². The van der Waals surface area contributed by atoms with Crippen LogP contribution in [-0.4, -0.2) is 25.2 Å². The highest BCUT2D eigenvalue weighted by Crippen LogP contribution is 2.33. The number of alkyl halides is 3. The van der Waals surface area contributed by atoms with Gasteiger partial charge in [-0.15, -0.1) is 0 Å². The fourth-order valence-electron chi connectivity index (χ4n) is 2.22. The van der Waals surface area contributed by atoms with E-state index in [1.807, 2.05) is 0 Å². The van der Waals surface area contributed by atoms with E-state index in [2.05, 4.69) is 10.6 Å². The van der Waals surface area contributed by atoms with Crippen LogP contribution in [0, 0.1) is 5.82 Å². The molecule has 2 aromatic rings. The molecule has 0 unspecified atom stereocenters. The van der Waals surface area contributed by atoms with Gasteiger partial charge in [-0.25, -0.2) is 4.39 Å². The van der Waals surface area contributed by atoms with Gasteiger partial charge < -0.3 is 14.8 Å². The van der Waals surface area contributed by atoms with Crippen molar-refractivity contribution in [2.75, 3.05) is 19.5 Å². The average Bonchev–Trinajstić information content (AvgIpc) is 2.61. The molecular weight excluding hydrogens is 388 g/mol. The normalized spacial score (nSPS) is 10.9. The molecule has 0 saturated carbocycles. The Morgan fingerprint density at radius 3 is 2.19 bits per heavy atom. The predicted octanol–water partition coefficient (Wildman–Crippen LogP) is 3.99. The molecule has 0 bridgehead atoms. The molecule has 2 rings (SSSR count). The van der Waals surface area contributed by atoms with Crippen LogP contribution >= 0.6 is 12.2 Å². The Bertz CT molecular complexity index is 849. The molecule has 5 nitrogen and oxygen atoms in total. The zero-order chi connectivity index (χ0) is 20.2. The molecule has 0 aliphatic carbocycles. The highest BCUT2D eigenvalue weighted by atomic mass is 32.1. The summed E-state index contributed by atoms with van der Waals surface area (Å²) < 4.78 is 61.8. The minimum Gasteiger partial charge on any atom is -0.496 e. The van der Waals surface area contributed by atoms with Crippen LogP contribution in [0.5, 0.6) is 11.5 Å². The van der Waals surface area contributed by atoms with Gasteiger partial charge in [0.1, 0.15) is 22.9 Å². The highest BCUT2D eigenvalue weighted by molar-refractivity contribution is 7.80. The van der Waals surface area contributed by atoms with Gasteiger partial charge in [-0.1, -0.05) is 6.07 Å². The molecule has 0 aliphatic heterocycles. The fourth-order valence-corrected chi connectivity index (χ4v) is 2.43. The van der Waals surface area contributed by atoms with E-state index in [4.69, 9.17) is 21.7 Å². The molecule has 27 heavy (non-hydrogen) atoms. The van der Waals surface area contributed by atoms with Crippen LogP contribution in [-0.2, 0) is 6.18 Å². The summed E-state index contributed by atoms with van der Waals surface area (Å²) in [4.78, 5) is 12.4. The first-order chi connectivity index (χ1) is 12.7. The van der Waals surface area contributed by atoms with Crippen molar-refractivity contribution in [3.8, 4) is 11.5 Å². The number of carbonyl (C=O) groups excluding carboxylic acids is 1. The Hall–Kier alpha value is -2.88. The van der Waals surface area contributed by atoms with Crippen molar-refractivity contribution in [3.05, 3.63) is 53.3 Å². The molecule has 0 atom stereocenters. The summed E-state index contributed by atoms with van der Waals surface area (Å²) in [5.41, 5.74) is -1.53. The number of amides is 1. The quantitative estimate of drug-likeness (QED) is 0.598. The van der Waals surface area contributed by atoms with Gasteiger partial charge in [-0.05, 0) is 42.5 Å². The van der Waals surface area contributed by atoms with Crippen LogP contribution in [0.15, 0.2) is 36.4 Å². The number of hydrogen-bond donors (Lipinski definition) is 2. The van der Waals surface area contributed by atoms with E-state index in [1.165, 1.54) is 26.4 Å². The van der Waals surface area contributed by atoms with E-state index in [0.29, 0.717) is 12.1 Å². The summed E-state index contributed by atoms with van der Waals surface area (Å²) in [7, 11) is 2.72. The average molecular weight is 402 g/mol. The molecule has 0 heterocycles. The van der Waals surface area contributed by atoms with Crippen LogP contribution in [0.3, 0.4) is 0 Å². The zero-order valence-electron chi connectivity index (χ0n) is 14.1. The van der Waals surface area contributed by atoms with Gasteiger partial charge >= 0.3 is 6.18 Å². The molecule has 2 N–H and O–H groups in total. The Labute approximate surface area is 157 Å². The van der Waals surface area contributed by atoms with E-state index in [9.17, 15) is 22.4 Å². The molecule has 1 amide bonds. The predicted molar refractivity (Wildman–Crippen MR) is 94.6 cm³/mol. The van der Waals surface area contributed by atoms with Crippen molar-refractivity contribution in [3.63, 3.8) is 0 Å². The first-order valence-electron chi connectivity index (χ1n) is 7.37. The van der Waals surface area contributed by atoms with Crippen LogP contribution in [0.1, 0.15) is 15.9 Å². The Morgan fingerprint density at radius 2 is 1.67 bits per heavy atom. The molecule has 0 radical (unpaired) electrons. The first-order valence-corrected chi connectivity index (χ1v) is 7.78. The lowest BCUT2D eigenvalue weighted by molar-refractivity contribution is -0.139. The van der Waals surface area contributed by atoms with E-state index in [1.54, 1.807) is 6.07 Å². The molecule has 2 aromatic carbocycles. The monoisotopic (exact) mass is 402 g/mol. The minimum absolute atomic E-state index is 0.0572. The van der Waals surface area contributed by atoms with Gasteiger partial charge in [0.05, 0.1) is 19.8 Å². The molecule has 0 aliphatic rings. The molecule has 10 heteroatoms. The van der Waals surface area contributed by atoms with Crippen LogP contribution in [0.2, 0.25) is 0 Å². The van der Waals surface area contributed by atoms with E-state index >= 15 is 0 Å². The standard InChI is InChI=1S/C17H14F4N2O3S/c1-25-12-4-3-5-13(26-2)14(12)15(24)23-16(27)22-9-6-7-11(18)10(8-9)17(19,20)21/h3-8H,1-2H3,(H2,22,23,24,27). The molecule has 0 fully saturated rings. The summed E-state index contributed by atoms with van der Waals surface area (Å²) in [5.74, 6) is -1.67. The lowest BCUT2D eigenvalue weighted by Gasteiger charge is -2.15. The van der Waals surface area contributed by atoms with Gasteiger partial charge in [0.25, 0.3) is 5.91 Å². The maximum atomic E-state index is 13.3. The van der Waals surface area contributed by atoms with E-state index in [-0.39, 0.29) is 27.9 Å². The SMILES string of the molecule is COc1cccc(OC)c1C(=O)NC(=S)Nc1ccc(F)c(C(F)(F)F)c1. The lowest BCUT2D eigenvalue weighted by Crippen LogP contribution is -2.34. The molecule has 0 aromatic heterocycles. The van der Waals surface area contributed by atoms with Gasteiger partial charge in [-0.2, -0.15) is 13.2 Å². The van der Waals surface area contributed by atoms with Gasteiger partial charge in [-0.3, -0.25) is 10.1 Å². The van der Waals surface area contributed by atoms with Crippen molar-refractivity contribution < 1.29 is 31.8 Å². The number of hydrogen-bond acceptors (Lipinski definition) is 4. The van der Waals surface area contributed by atoms with Crippen molar-refractivity contribution in [1.82, 2.24) is 5.32 Å². The molecule has 144 valence electrons. The fraction of sp³-hybridized carbons (Fsp3) is 0.176. The third-order valence-electron chi connectivity index (χ3n) is 3.41. The molecule has 0 spiro atoms. The van der Waals surface area contributed by atoms with Gasteiger partial charge in [0.15, 0.2) is 5.11 Å². The topological polar surface area (TPSA) is 59.6 Å². The summed E-state index contributed by atoms with van der Waals surface area (Å²) in [6.45, 7) is 0. The van der Waals surface area contributed by atoms with Crippen LogP contribution in [0.4, 0.5) is 23.2 Å². The number of halogens is 4.